The molecule has 1 aromatic carbocycles. The van der Waals surface area contributed by atoms with E-state index >= 15 is 0 Å². The van der Waals surface area contributed by atoms with E-state index in [1.165, 1.54) is 10.8 Å². The molecule has 4 heteroatoms. The highest BCUT2D eigenvalue weighted by atomic mass is 16.1. The molecule has 1 saturated heterocycles. The van der Waals surface area contributed by atoms with Gasteiger partial charge >= 0.3 is 0 Å². The topological polar surface area (TPSA) is 38.1 Å². The number of aromatic nitrogens is 2. The van der Waals surface area contributed by atoms with Gasteiger partial charge < -0.3 is 4.90 Å². The summed E-state index contributed by atoms with van der Waals surface area (Å²) in [6.07, 6.45) is 8.87. The van der Waals surface area contributed by atoms with E-state index in [0.29, 0.717) is 5.69 Å². The molecule has 3 heterocycles. The normalized spacial score (nSPS) is 17.6. The van der Waals surface area contributed by atoms with E-state index in [-0.39, 0.29) is 0 Å². The standard InChI is InChI=1S/C19H19N3O/c1-21-8-6-14(7-9-21)18-10-15-4-2-3-5-16(15)11-19-20-12-17(13-23)22(18)19/h2-5,10-13H,6-9H2,1H3. The average molecular weight is 305 g/mol. The Morgan fingerprint density at radius 2 is 1.78 bits per heavy atom. The molecule has 0 saturated carbocycles. The molecule has 0 radical (unpaired) electrons. The fraction of sp³-hybridized carbons (Fsp3) is 0.263. The molecule has 0 atom stereocenters. The lowest BCUT2D eigenvalue weighted by atomic mass is 10.0. The van der Waals surface area contributed by atoms with Gasteiger partial charge in [0.2, 0.25) is 0 Å². The molecule has 0 N–H and O–H groups in total. The highest BCUT2D eigenvalue weighted by Crippen LogP contribution is 2.26. The van der Waals surface area contributed by atoms with Crippen LogP contribution in [0.15, 0.2) is 36.0 Å². The lowest BCUT2D eigenvalue weighted by Gasteiger charge is -2.26. The number of likely N-dealkylation sites (tertiary alicyclic amines) is 1. The summed E-state index contributed by atoms with van der Waals surface area (Å²) in [6, 6.07) is 8.29. The zero-order valence-electron chi connectivity index (χ0n) is 13.2. The minimum Gasteiger partial charge on any atom is -0.306 e. The number of carbonyl (C=O) groups excluding carboxylic acids is 1. The van der Waals surface area contributed by atoms with Crippen molar-refractivity contribution in [1.29, 1.82) is 0 Å². The molecule has 0 bridgehead atoms. The first-order valence-electron chi connectivity index (χ1n) is 7.98. The van der Waals surface area contributed by atoms with Gasteiger partial charge in [0.05, 0.1) is 6.20 Å². The second-order valence-corrected chi connectivity index (χ2v) is 6.20. The summed E-state index contributed by atoms with van der Waals surface area (Å²) in [4.78, 5) is 18.3. The third-order valence-corrected chi connectivity index (χ3v) is 4.70. The van der Waals surface area contributed by atoms with E-state index in [9.17, 15) is 4.79 Å². The van der Waals surface area contributed by atoms with Crippen LogP contribution in [-0.2, 0) is 0 Å². The maximum atomic E-state index is 11.5. The summed E-state index contributed by atoms with van der Waals surface area (Å²) in [5.41, 5.74) is 3.13. The van der Waals surface area contributed by atoms with Crippen LogP contribution in [0.1, 0.15) is 29.2 Å². The van der Waals surface area contributed by atoms with Crippen LogP contribution in [0.4, 0.5) is 0 Å². The first-order chi connectivity index (χ1) is 11.3. The molecule has 2 aromatic rings. The number of rotatable bonds is 1. The van der Waals surface area contributed by atoms with Gasteiger partial charge in [-0.25, -0.2) is 4.98 Å². The fourth-order valence-corrected chi connectivity index (χ4v) is 3.36. The van der Waals surface area contributed by atoms with Gasteiger partial charge in [-0.1, -0.05) is 24.3 Å². The van der Waals surface area contributed by atoms with Crippen LogP contribution in [0.25, 0.3) is 17.8 Å². The predicted molar refractivity (Wildman–Crippen MR) is 91.3 cm³/mol. The number of benzene rings is 1. The Morgan fingerprint density at radius 3 is 2.48 bits per heavy atom. The van der Waals surface area contributed by atoms with Crippen molar-refractivity contribution in [3.05, 3.63) is 58.0 Å². The molecule has 0 unspecified atom stereocenters. The molecule has 2 aliphatic heterocycles. The molecule has 1 aromatic heterocycles. The fourth-order valence-electron chi connectivity index (χ4n) is 3.36. The second kappa shape index (κ2) is 5.63. The van der Waals surface area contributed by atoms with Crippen molar-refractivity contribution in [2.24, 2.45) is 0 Å². The minimum absolute atomic E-state index is 0.613. The molecule has 116 valence electrons. The Hall–Kier alpha value is -2.46. The van der Waals surface area contributed by atoms with E-state index in [0.717, 1.165) is 49.0 Å². The third kappa shape index (κ3) is 2.45. The van der Waals surface area contributed by atoms with Gasteiger partial charge in [0.25, 0.3) is 0 Å². The smallest absolute Gasteiger partial charge is 0.168 e. The highest BCUT2D eigenvalue weighted by molar-refractivity contribution is 5.86. The lowest BCUT2D eigenvalue weighted by molar-refractivity contribution is 0.111. The quantitative estimate of drug-likeness (QED) is 0.745. The first-order valence-corrected chi connectivity index (χ1v) is 7.98. The maximum Gasteiger partial charge on any atom is 0.168 e. The number of carbonyl (C=O) groups is 1. The van der Waals surface area contributed by atoms with Crippen molar-refractivity contribution in [2.75, 3.05) is 20.1 Å². The Morgan fingerprint density at radius 1 is 1.09 bits per heavy atom. The van der Waals surface area contributed by atoms with E-state index in [2.05, 4.69) is 47.3 Å². The summed E-state index contributed by atoms with van der Waals surface area (Å²) < 4.78 is 2.01. The van der Waals surface area contributed by atoms with Crippen molar-refractivity contribution in [3.8, 4) is 0 Å². The van der Waals surface area contributed by atoms with E-state index < -0.39 is 0 Å². The molecular formula is C19H19N3O. The number of hydrogen-bond donors (Lipinski definition) is 0. The van der Waals surface area contributed by atoms with Crippen LogP contribution >= 0.6 is 0 Å². The van der Waals surface area contributed by atoms with Crippen LogP contribution < -0.4 is 10.4 Å². The maximum absolute atomic E-state index is 11.5. The van der Waals surface area contributed by atoms with Crippen molar-refractivity contribution < 1.29 is 4.79 Å². The molecule has 2 aliphatic rings. The van der Waals surface area contributed by atoms with Crippen molar-refractivity contribution in [1.82, 2.24) is 14.5 Å². The highest BCUT2D eigenvalue weighted by Gasteiger charge is 2.19. The number of fused-ring (bicyclic) bond motifs is 2. The van der Waals surface area contributed by atoms with E-state index in [1.807, 2.05) is 10.6 Å². The Balaban J connectivity index is 2.01. The van der Waals surface area contributed by atoms with E-state index in [4.69, 9.17) is 0 Å². The summed E-state index contributed by atoms with van der Waals surface area (Å²) >= 11 is 0. The SMILES string of the molecule is CN1CCC(=C2C=c3ccccc3=Cc3ncc(C=O)n32)CC1. The molecule has 0 aliphatic carbocycles. The van der Waals surface area contributed by atoms with Gasteiger partial charge in [-0.15, -0.1) is 0 Å². The van der Waals surface area contributed by atoms with Gasteiger partial charge in [0.1, 0.15) is 11.5 Å². The van der Waals surface area contributed by atoms with Gasteiger partial charge in [0.15, 0.2) is 6.29 Å². The monoisotopic (exact) mass is 305 g/mol. The number of aldehydes is 1. The Labute approximate surface area is 135 Å². The molecule has 1 fully saturated rings. The minimum atomic E-state index is 0.613. The zero-order chi connectivity index (χ0) is 15.8. The summed E-state index contributed by atoms with van der Waals surface area (Å²) in [5, 5.41) is 2.32. The molecule has 0 spiro atoms. The Bertz CT molecular complexity index is 910. The van der Waals surface area contributed by atoms with Crippen molar-refractivity contribution in [3.63, 3.8) is 0 Å². The molecule has 4 nitrogen and oxygen atoms in total. The Kier molecular flexibility index (Phi) is 3.46. The molecule has 0 amide bonds. The summed E-state index contributed by atoms with van der Waals surface area (Å²) in [5.74, 6) is 0.828. The molecular weight excluding hydrogens is 286 g/mol. The van der Waals surface area contributed by atoms with Crippen molar-refractivity contribution in [2.45, 2.75) is 12.8 Å². The van der Waals surface area contributed by atoms with Crippen LogP contribution in [0.3, 0.4) is 0 Å². The van der Waals surface area contributed by atoms with Crippen molar-refractivity contribution >= 4 is 24.1 Å². The van der Waals surface area contributed by atoms with Crippen LogP contribution in [0.5, 0.6) is 0 Å². The number of allylic oxidation sites excluding steroid dienone is 1. The van der Waals surface area contributed by atoms with Crippen LogP contribution in [0.2, 0.25) is 0 Å². The largest absolute Gasteiger partial charge is 0.306 e. The molecule has 4 rings (SSSR count). The summed E-state index contributed by atoms with van der Waals surface area (Å²) in [6.45, 7) is 2.11. The average Bonchev–Trinajstić information content (AvgIpc) is 2.90. The van der Waals surface area contributed by atoms with Gasteiger partial charge in [-0.05, 0) is 48.1 Å². The number of piperidine rings is 1. The first kappa shape index (κ1) is 14.2. The number of nitrogens with zero attached hydrogens (tertiary/aromatic N) is 3. The molecule has 23 heavy (non-hydrogen) atoms. The van der Waals surface area contributed by atoms with E-state index in [1.54, 1.807) is 6.20 Å². The number of hydrogen-bond acceptors (Lipinski definition) is 3. The van der Waals surface area contributed by atoms with Gasteiger partial charge in [0, 0.05) is 18.8 Å². The zero-order valence-corrected chi connectivity index (χ0v) is 13.2. The summed E-state index contributed by atoms with van der Waals surface area (Å²) in [7, 11) is 2.15. The predicted octanol–water partition coefficient (Wildman–Crippen LogP) is 1.26. The second-order valence-electron chi connectivity index (χ2n) is 6.20. The number of imidazole rings is 1. The van der Waals surface area contributed by atoms with Crippen LogP contribution in [-0.4, -0.2) is 40.9 Å². The van der Waals surface area contributed by atoms with Gasteiger partial charge in [-0.3, -0.25) is 9.36 Å². The van der Waals surface area contributed by atoms with Gasteiger partial charge in [-0.2, -0.15) is 0 Å². The lowest BCUT2D eigenvalue weighted by Crippen LogP contribution is -2.27. The van der Waals surface area contributed by atoms with Crippen LogP contribution in [0, 0.1) is 0 Å². The third-order valence-electron chi connectivity index (χ3n) is 4.70.